The van der Waals surface area contributed by atoms with Crippen LogP contribution in [0.1, 0.15) is 11.3 Å². The third kappa shape index (κ3) is 3.69. The lowest BCUT2D eigenvalue weighted by Crippen LogP contribution is -2.09. The molecule has 130 valence electrons. The SMILES string of the molecule is Cc1ncc(-c2csc(Nc3ncnc(Cl)c3F)n2)cc1C(F)(F)F. The van der Waals surface area contributed by atoms with Crippen molar-refractivity contribution in [2.75, 3.05) is 5.32 Å². The van der Waals surface area contributed by atoms with Crippen molar-refractivity contribution in [2.24, 2.45) is 0 Å². The van der Waals surface area contributed by atoms with Gasteiger partial charge >= 0.3 is 6.18 Å². The van der Waals surface area contributed by atoms with Gasteiger partial charge in [0.15, 0.2) is 16.1 Å². The zero-order valence-corrected chi connectivity index (χ0v) is 14.0. The van der Waals surface area contributed by atoms with E-state index in [2.05, 4.69) is 25.3 Å². The predicted octanol–water partition coefficient (Wildman–Crippen LogP) is 4.86. The van der Waals surface area contributed by atoms with Crippen LogP contribution in [0.4, 0.5) is 28.5 Å². The maximum absolute atomic E-state index is 13.8. The first-order chi connectivity index (χ1) is 11.8. The lowest BCUT2D eigenvalue weighted by Gasteiger charge is -2.10. The van der Waals surface area contributed by atoms with Crippen LogP contribution in [0.2, 0.25) is 5.15 Å². The largest absolute Gasteiger partial charge is 0.418 e. The number of aromatic nitrogens is 4. The number of thiazole rings is 1. The van der Waals surface area contributed by atoms with Crippen molar-refractivity contribution < 1.29 is 17.6 Å². The number of alkyl halides is 3. The number of hydrogen-bond donors (Lipinski definition) is 1. The van der Waals surface area contributed by atoms with Crippen molar-refractivity contribution in [2.45, 2.75) is 13.1 Å². The summed E-state index contributed by atoms with van der Waals surface area (Å²) >= 11 is 6.63. The summed E-state index contributed by atoms with van der Waals surface area (Å²) in [4.78, 5) is 15.1. The molecule has 0 fully saturated rings. The average molecular weight is 390 g/mol. The molecule has 0 amide bonds. The Morgan fingerprint density at radius 1 is 1.20 bits per heavy atom. The van der Waals surface area contributed by atoms with E-state index in [9.17, 15) is 17.6 Å². The van der Waals surface area contributed by atoms with Gasteiger partial charge in [0.05, 0.1) is 11.3 Å². The number of halogens is 5. The predicted molar refractivity (Wildman–Crippen MR) is 85.4 cm³/mol. The topological polar surface area (TPSA) is 63.6 Å². The van der Waals surface area contributed by atoms with Crippen LogP contribution in [0.15, 0.2) is 24.0 Å². The first-order valence-electron chi connectivity index (χ1n) is 6.68. The fourth-order valence-electron chi connectivity index (χ4n) is 1.96. The van der Waals surface area contributed by atoms with E-state index in [-0.39, 0.29) is 33.1 Å². The second kappa shape index (κ2) is 6.52. The summed E-state index contributed by atoms with van der Waals surface area (Å²) in [6, 6.07) is 0.976. The van der Waals surface area contributed by atoms with Crippen LogP contribution < -0.4 is 5.32 Å². The smallest absolute Gasteiger partial charge is 0.314 e. The van der Waals surface area contributed by atoms with Crippen LogP contribution >= 0.6 is 22.9 Å². The minimum absolute atomic E-state index is 0.123. The molecule has 0 spiro atoms. The Hall–Kier alpha value is -2.33. The van der Waals surface area contributed by atoms with Crippen molar-refractivity contribution in [1.29, 1.82) is 0 Å². The Morgan fingerprint density at radius 2 is 1.96 bits per heavy atom. The maximum Gasteiger partial charge on any atom is 0.418 e. The van der Waals surface area contributed by atoms with Gasteiger partial charge in [-0.05, 0) is 13.0 Å². The van der Waals surface area contributed by atoms with Gasteiger partial charge in [0.2, 0.25) is 5.82 Å². The van der Waals surface area contributed by atoms with Crippen molar-refractivity contribution >= 4 is 33.9 Å². The minimum Gasteiger partial charge on any atom is -0.314 e. The monoisotopic (exact) mass is 389 g/mol. The molecule has 0 bridgehead atoms. The highest BCUT2D eigenvalue weighted by molar-refractivity contribution is 7.14. The molecule has 0 unspecified atom stereocenters. The van der Waals surface area contributed by atoms with Crippen molar-refractivity contribution in [1.82, 2.24) is 19.9 Å². The Balaban J connectivity index is 1.90. The lowest BCUT2D eigenvalue weighted by atomic mass is 10.1. The molecule has 0 aliphatic rings. The summed E-state index contributed by atoms with van der Waals surface area (Å²) in [6.07, 6.45) is -2.14. The highest BCUT2D eigenvalue weighted by Gasteiger charge is 2.33. The van der Waals surface area contributed by atoms with Gasteiger partial charge in [-0.15, -0.1) is 11.3 Å². The number of nitrogens with zero attached hydrogens (tertiary/aromatic N) is 4. The fourth-order valence-corrected chi connectivity index (χ4v) is 2.81. The van der Waals surface area contributed by atoms with E-state index >= 15 is 0 Å². The standard InChI is InChI=1S/C14H8ClF4N5S/c1-6-8(14(17,18)19)2-7(3-20-6)9-4-25-13(23-9)24-12-10(16)11(15)21-5-22-12/h2-5H,1H3,(H,21,22,23,24). The number of anilines is 2. The molecule has 3 heterocycles. The molecule has 5 nitrogen and oxygen atoms in total. The van der Waals surface area contributed by atoms with E-state index in [1.807, 2.05) is 0 Å². The summed E-state index contributed by atoms with van der Waals surface area (Å²) in [5.41, 5.74) is -0.488. The average Bonchev–Trinajstić information content (AvgIpc) is 3.00. The van der Waals surface area contributed by atoms with E-state index in [4.69, 9.17) is 11.6 Å². The van der Waals surface area contributed by atoms with E-state index in [1.165, 1.54) is 18.5 Å². The second-order valence-electron chi connectivity index (χ2n) is 4.84. The number of aryl methyl sites for hydroxylation is 1. The van der Waals surface area contributed by atoms with Gasteiger partial charge in [0, 0.05) is 22.8 Å². The number of pyridine rings is 1. The van der Waals surface area contributed by atoms with Gasteiger partial charge in [-0.25, -0.2) is 15.0 Å². The van der Waals surface area contributed by atoms with Gasteiger partial charge in [-0.3, -0.25) is 4.98 Å². The van der Waals surface area contributed by atoms with Gasteiger partial charge < -0.3 is 5.32 Å². The van der Waals surface area contributed by atoms with Gasteiger partial charge in [0.1, 0.15) is 6.33 Å². The molecule has 11 heteroatoms. The molecule has 25 heavy (non-hydrogen) atoms. The molecule has 3 aromatic rings. The molecule has 0 atom stereocenters. The van der Waals surface area contributed by atoms with E-state index in [1.54, 1.807) is 0 Å². The van der Waals surface area contributed by atoms with Crippen LogP contribution in [0.5, 0.6) is 0 Å². The molecule has 1 N–H and O–H groups in total. The molecule has 3 aromatic heterocycles. The molecular weight excluding hydrogens is 382 g/mol. The summed E-state index contributed by atoms with van der Waals surface area (Å²) in [7, 11) is 0. The Bertz CT molecular complexity index is 928. The van der Waals surface area contributed by atoms with Crippen LogP contribution in [-0.2, 0) is 6.18 Å². The highest BCUT2D eigenvalue weighted by atomic mass is 35.5. The van der Waals surface area contributed by atoms with E-state index < -0.39 is 17.6 Å². The van der Waals surface area contributed by atoms with Crippen LogP contribution in [0, 0.1) is 12.7 Å². The zero-order valence-electron chi connectivity index (χ0n) is 12.4. The van der Waals surface area contributed by atoms with Gasteiger partial charge in [-0.1, -0.05) is 11.6 Å². The fraction of sp³-hybridized carbons (Fsp3) is 0.143. The lowest BCUT2D eigenvalue weighted by molar-refractivity contribution is -0.138. The molecule has 0 radical (unpaired) electrons. The Kier molecular flexibility index (Phi) is 4.56. The van der Waals surface area contributed by atoms with Crippen molar-refractivity contribution in [3.63, 3.8) is 0 Å². The Labute approximate surface area is 147 Å². The molecule has 0 aliphatic carbocycles. The first kappa shape index (κ1) is 17.5. The summed E-state index contributed by atoms with van der Waals surface area (Å²) in [6.45, 7) is 1.28. The number of nitrogens with one attached hydrogen (secondary N) is 1. The molecule has 3 rings (SSSR count). The van der Waals surface area contributed by atoms with Crippen molar-refractivity contribution in [3.8, 4) is 11.3 Å². The normalized spacial score (nSPS) is 11.6. The summed E-state index contributed by atoms with van der Waals surface area (Å²) < 4.78 is 52.7. The van der Waals surface area contributed by atoms with Gasteiger partial charge in [-0.2, -0.15) is 17.6 Å². The van der Waals surface area contributed by atoms with Crippen LogP contribution in [0.25, 0.3) is 11.3 Å². The van der Waals surface area contributed by atoms with Crippen LogP contribution in [-0.4, -0.2) is 19.9 Å². The van der Waals surface area contributed by atoms with Crippen LogP contribution in [0.3, 0.4) is 0 Å². The molecule has 0 aromatic carbocycles. The summed E-state index contributed by atoms with van der Waals surface area (Å²) in [5, 5.41) is 4.02. The minimum atomic E-state index is -4.51. The molecule has 0 aliphatic heterocycles. The third-order valence-corrected chi connectivity index (χ3v) is 4.19. The third-order valence-electron chi connectivity index (χ3n) is 3.16. The van der Waals surface area contributed by atoms with E-state index in [0.29, 0.717) is 0 Å². The number of hydrogen-bond acceptors (Lipinski definition) is 6. The molecule has 0 saturated carbocycles. The molecular formula is C14H8ClF4N5S. The zero-order chi connectivity index (χ0) is 18.2. The maximum atomic E-state index is 13.8. The second-order valence-corrected chi connectivity index (χ2v) is 6.06. The van der Waals surface area contributed by atoms with Gasteiger partial charge in [0.25, 0.3) is 0 Å². The summed E-state index contributed by atoms with van der Waals surface area (Å²) in [5.74, 6) is -1.03. The van der Waals surface area contributed by atoms with Crippen molar-refractivity contribution in [3.05, 3.63) is 46.2 Å². The highest BCUT2D eigenvalue weighted by Crippen LogP contribution is 2.34. The van der Waals surface area contributed by atoms with E-state index in [0.717, 1.165) is 23.7 Å². The first-order valence-corrected chi connectivity index (χ1v) is 7.94. The Morgan fingerprint density at radius 3 is 2.68 bits per heavy atom. The molecule has 0 saturated heterocycles. The quantitative estimate of drug-likeness (QED) is 0.512. The number of rotatable bonds is 3.